The van der Waals surface area contributed by atoms with Gasteiger partial charge in [0.25, 0.3) is 0 Å². The third-order valence-corrected chi connectivity index (χ3v) is 4.02. The molecule has 1 heterocycles. The van der Waals surface area contributed by atoms with Crippen LogP contribution in [0.25, 0.3) is 0 Å². The number of carbonyl (C=O) groups excluding carboxylic acids is 1. The molecule has 0 spiro atoms. The molecule has 0 bridgehead atoms. The third-order valence-electron chi connectivity index (χ3n) is 4.02. The second kappa shape index (κ2) is 6.17. The molecule has 0 atom stereocenters. The second-order valence-corrected chi connectivity index (χ2v) is 6.39. The lowest BCUT2D eigenvalue weighted by molar-refractivity contribution is -0.118. The highest BCUT2D eigenvalue weighted by molar-refractivity contribution is 5.95. The second-order valence-electron chi connectivity index (χ2n) is 6.39. The van der Waals surface area contributed by atoms with Crippen molar-refractivity contribution < 1.29 is 4.79 Å². The fourth-order valence-corrected chi connectivity index (χ4v) is 2.75. The van der Waals surface area contributed by atoms with E-state index in [1.807, 2.05) is 36.9 Å². The maximum atomic E-state index is 12.3. The number of amides is 1. The minimum atomic E-state index is -0.334. The summed E-state index contributed by atoms with van der Waals surface area (Å²) in [7, 11) is 0. The Morgan fingerprint density at radius 3 is 2.86 bits per heavy atom. The number of rotatable bonds is 4. The van der Waals surface area contributed by atoms with Gasteiger partial charge in [-0.2, -0.15) is 5.26 Å². The summed E-state index contributed by atoms with van der Waals surface area (Å²) in [5.74, 6) is 0.174. The monoisotopic (exact) mass is 285 g/mol. The normalized spacial score (nSPS) is 15.3. The molecule has 1 aromatic carbocycles. The first-order valence-corrected chi connectivity index (χ1v) is 7.53. The molecule has 2 N–H and O–H groups in total. The van der Waals surface area contributed by atoms with Gasteiger partial charge in [0.2, 0.25) is 5.91 Å². The Morgan fingerprint density at radius 1 is 1.38 bits per heavy atom. The van der Waals surface area contributed by atoms with Crippen molar-refractivity contribution in [3.63, 3.8) is 0 Å². The summed E-state index contributed by atoms with van der Waals surface area (Å²) in [6.07, 6.45) is 3.96. The van der Waals surface area contributed by atoms with Gasteiger partial charge >= 0.3 is 0 Å². The molecule has 21 heavy (non-hydrogen) atoms. The fraction of sp³-hybridized carbons (Fsp3) is 0.529. The number of aryl methyl sites for hydroxylation is 1. The van der Waals surface area contributed by atoms with Gasteiger partial charge in [-0.05, 0) is 63.3 Å². The maximum Gasteiger partial charge on any atom is 0.226 e. The van der Waals surface area contributed by atoms with E-state index >= 15 is 0 Å². The van der Waals surface area contributed by atoms with Crippen molar-refractivity contribution in [2.45, 2.75) is 46.0 Å². The number of hydrogen-bond acceptors (Lipinski definition) is 3. The summed E-state index contributed by atoms with van der Waals surface area (Å²) < 4.78 is 0. The molecular weight excluding hydrogens is 262 g/mol. The van der Waals surface area contributed by atoms with Crippen LogP contribution in [0.3, 0.4) is 0 Å². The molecule has 0 radical (unpaired) electrons. The lowest BCUT2D eigenvalue weighted by Crippen LogP contribution is -2.31. The molecule has 0 fully saturated rings. The van der Waals surface area contributed by atoms with Crippen molar-refractivity contribution in [3.8, 4) is 6.07 Å². The van der Waals surface area contributed by atoms with Crippen LogP contribution in [-0.4, -0.2) is 12.5 Å². The third kappa shape index (κ3) is 3.75. The predicted molar refractivity (Wildman–Crippen MR) is 84.8 cm³/mol. The van der Waals surface area contributed by atoms with Crippen LogP contribution >= 0.6 is 0 Å². The molecule has 112 valence electrons. The van der Waals surface area contributed by atoms with Gasteiger partial charge < -0.3 is 10.6 Å². The van der Waals surface area contributed by atoms with Gasteiger partial charge in [-0.15, -0.1) is 0 Å². The highest BCUT2D eigenvalue weighted by Crippen LogP contribution is 2.30. The van der Waals surface area contributed by atoms with Crippen LogP contribution in [0.2, 0.25) is 0 Å². The number of fused-ring (bicyclic) bond motifs is 1. The molecule has 0 saturated heterocycles. The van der Waals surface area contributed by atoms with Crippen LogP contribution in [0.4, 0.5) is 11.4 Å². The quantitative estimate of drug-likeness (QED) is 0.863. The maximum absolute atomic E-state index is 12.3. The average Bonchev–Trinajstić information content (AvgIpc) is 2.58. The van der Waals surface area contributed by atoms with Crippen LogP contribution in [0.5, 0.6) is 0 Å². The van der Waals surface area contributed by atoms with E-state index in [0.717, 1.165) is 42.6 Å². The van der Waals surface area contributed by atoms with E-state index in [9.17, 15) is 4.79 Å². The number of benzene rings is 1. The van der Waals surface area contributed by atoms with E-state index < -0.39 is 0 Å². The van der Waals surface area contributed by atoms with Crippen LogP contribution in [0.1, 0.15) is 45.1 Å². The van der Waals surface area contributed by atoms with Crippen LogP contribution in [0.15, 0.2) is 18.2 Å². The Bertz CT molecular complexity index is 572. The van der Waals surface area contributed by atoms with Gasteiger partial charge in [-0.25, -0.2) is 0 Å². The molecular formula is C17H23N3O. The fourth-order valence-electron chi connectivity index (χ4n) is 2.75. The number of nitrogens with zero attached hydrogens (tertiary/aromatic N) is 2. The topological polar surface area (TPSA) is 70.1 Å². The first kappa shape index (κ1) is 15.4. The molecule has 0 aliphatic carbocycles. The minimum absolute atomic E-state index is 0.174. The molecule has 0 saturated carbocycles. The molecule has 1 amide bonds. The molecule has 1 aliphatic rings. The molecule has 4 heteroatoms. The van der Waals surface area contributed by atoms with E-state index in [4.69, 9.17) is 11.0 Å². The smallest absolute Gasteiger partial charge is 0.226 e. The lowest BCUT2D eigenvalue weighted by atomic mass is 9.90. The lowest BCUT2D eigenvalue weighted by Gasteiger charge is -2.24. The van der Waals surface area contributed by atoms with E-state index in [0.29, 0.717) is 13.0 Å². The van der Waals surface area contributed by atoms with E-state index in [1.165, 1.54) is 0 Å². The van der Waals surface area contributed by atoms with Crippen molar-refractivity contribution in [1.82, 2.24) is 0 Å². The molecule has 2 rings (SSSR count). The number of nitriles is 1. The Morgan fingerprint density at radius 2 is 2.14 bits per heavy atom. The molecule has 1 aliphatic heterocycles. The predicted octanol–water partition coefficient (Wildman–Crippen LogP) is 3.27. The zero-order chi connectivity index (χ0) is 15.5. The van der Waals surface area contributed by atoms with Crippen molar-refractivity contribution in [1.29, 1.82) is 5.26 Å². The van der Waals surface area contributed by atoms with E-state index in [2.05, 4.69) is 6.07 Å². The number of carbonyl (C=O) groups is 1. The van der Waals surface area contributed by atoms with Gasteiger partial charge in [0, 0.05) is 24.3 Å². The summed E-state index contributed by atoms with van der Waals surface area (Å²) in [6, 6.07) is 8.08. The van der Waals surface area contributed by atoms with Crippen LogP contribution in [0, 0.1) is 16.7 Å². The molecule has 4 nitrogen and oxygen atoms in total. The number of hydrogen-bond donors (Lipinski definition) is 1. The highest BCUT2D eigenvalue weighted by atomic mass is 16.2. The van der Waals surface area contributed by atoms with Crippen molar-refractivity contribution in [3.05, 3.63) is 23.8 Å². The SMILES string of the molecule is CC(C)(C#N)CCCN1C(=O)CCCc2cc(N)ccc21. The molecule has 0 aromatic heterocycles. The number of anilines is 2. The largest absolute Gasteiger partial charge is 0.399 e. The summed E-state index contributed by atoms with van der Waals surface area (Å²) in [6.45, 7) is 4.54. The van der Waals surface area contributed by atoms with E-state index in [1.54, 1.807) is 0 Å². The Labute approximate surface area is 126 Å². The number of nitrogens with two attached hydrogens (primary N) is 1. The standard InChI is InChI=1S/C17H23N3O/c1-17(2,12-18)9-4-10-20-15-8-7-14(19)11-13(15)5-3-6-16(20)21/h7-8,11H,3-6,9-10,19H2,1-2H3. The summed E-state index contributed by atoms with van der Waals surface area (Å²) in [5, 5.41) is 9.07. The highest BCUT2D eigenvalue weighted by Gasteiger charge is 2.23. The zero-order valence-electron chi connectivity index (χ0n) is 12.9. The number of nitrogen functional groups attached to an aromatic ring is 1. The first-order valence-electron chi connectivity index (χ1n) is 7.53. The zero-order valence-corrected chi connectivity index (χ0v) is 12.9. The average molecular weight is 285 g/mol. The van der Waals surface area contributed by atoms with Gasteiger partial charge in [-0.3, -0.25) is 4.79 Å². The minimum Gasteiger partial charge on any atom is -0.399 e. The van der Waals surface area contributed by atoms with Crippen LogP contribution in [-0.2, 0) is 11.2 Å². The summed E-state index contributed by atoms with van der Waals surface area (Å²) >= 11 is 0. The van der Waals surface area contributed by atoms with Gasteiger partial charge in [0.15, 0.2) is 0 Å². The van der Waals surface area contributed by atoms with Crippen molar-refractivity contribution in [2.75, 3.05) is 17.2 Å². The van der Waals surface area contributed by atoms with Gasteiger partial charge in [-0.1, -0.05) is 0 Å². The van der Waals surface area contributed by atoms with Crippen LogP contribution < -0.4 is 10.6 Å². The molecule has 1 aromatic rings. The Kier molecular flexibility index (Phi) is 4.52. The Balaban J connectivity index is 2.14. The van der Waals surface area contributed by atoms with E-state index in [-0.39, 0.29) is 11.3 Å². The van der Waals surface area contributed by atoms with Crippen molar-refractivity contribution in [2.24, 2.45) is 5.41 Å². The van der Waals surface area contributed by atoms with Gasteiger partial charge in [0.1, 0.15) is 0 Å². The summed E-state index contributed by atoms with van der Waals surface area (Å²) in [4.78, 5) is 14.2. The van der Waals surface area contributed by atoms with Crippen molar-refractivity contribution >= 4 is 17.3 Å². The summed E-state index contributed by atoms with van der Waals surface area (Å²) in [5.41, 5.74) is 8.40. The first-order chi connectivity index (χ1) is 9.93. The molecule has 0 unspecified atom stereocenters. The van der Waals surface area contributed by atoms with Gasteiger partial charge in [0.05, 0.1) is 11.5 Å². The Hall–Kier alpha value is -2.02.